The number of hydrogen-bond acceptors (Lipinski definition) is 3. The van der Waals surface area contributed by atoms with Gasteiger partial charge in [0, 0.05) is 19.2 Å². The molecule has 0 heterocycles. The van der Waals surface area contributed by atoms with Crippen LogP contribution >= 0.6 is 0 Å². The van der Waals surface area contributed by atoms with Crippen LogP contribution in [0.1, 0.15) is 33.2 Å². The molecule has 1 N–H and O–H groups in total. The Bertz CT molecular complexity index is 722. The number of aromatic carboxylic acids is 1. The molecule has 132 valence electrons. The van der Waals surface area contributed by atoms with E-state index >= 15 is 0 Å². The number of carboxylic acid groups (broad SMARTS) is 1. The number of ether oxygens (including phenoxy) is 1. The second kappa shape index (κ2) is 8.33. The fourth-order valence-electron chi connectivity index (χ4n) is 2.75. The maximum Gasteiger partial charge on any atom is 0.335 e. The van der Waals surface area contributed by atoms with Gasteiger partial charge in [-0.1, -0.05) is 19.1 Å². The Morgan fingerprint density at radius 1 is 1.04 bits per heavy atom. The molecule has 5 nitrogen and oxygen atoms in total. The topological polar surface area (TPSA) is 66.8 Å². The molecule has 0 aliphatic rings. The standard InChI is InChI=1S/C20H23NO4/c1-14(12-15-4-10-18(25-3)11-5-15)13-21(2)19(22)16-6-8-17(9-7-16)20(23)24/h4-11,14H,12-13H2,1-3H3,(H,23,24). The summed E-state index contributed by atoms with van der Waals surface area (Å²) in [7, 11) is 3.40. The molecule has 2 rings (SSSR count). The van der Waals surface area contributed by atoms with Crippen molar-refractivity contribution in [2.45, 2.75) is 13.3 Å². The highest BCUT2D eigenvalue weighted by Gasteiger charge is 2.15. The van der Waals surface area contributed by atoms with Gasteiger partial charge in [-0.15, -0.1) is 0 Å². The van der Waals surface area contributed by atoms with Crippen molar-refractivity contribution in [3.05, 3.63) is 65.2 Å². The Labute approximate surface area is 147 Å². The maximum absolute atomic E-state index is 12.5. The molecule has 0 spiro atoms. The molecule has 0 bridgehead atoms. The van der Waals surface area contributed by atoms with E-state index in [1.165, 1.54) is 17.7 Å². The minimum atomic E-state index is -1.000. The molecule has 1 unspecified atom stereocenters. The lowest BCUT2D eigenvalue weighted by Gasteiger charge is -2.22. The highest BCUT2D eigenvalue weighted by Crippen LogP contribution is 2.16. The van der Waals surface area contributed by atoms with E-state index in [1.54, 1.807) is 31.2 Å². The van der Waals surface area contributed by atoms with Crippen LogP contribution in [-0.2, 0) is 6.42 Å². The molecule has 0 aromatic heterocycles. The maximum atomic E-state index is 12.5. The van der Waals surface area contributed by atoms with Gasteiger partial charge in [0.1, 0.15) is 5.75 Å². The molecule has 0 fully saturated rings. The first-order chi connectivity index (χ1) is 11.9. The quantitative estimate of drug-likeness (QED) is 0.839. The second-order valence-electron chi connectivity index (χ2n) is 6.23. The molecule has 0 aliphatic carbocycles. The Morgan fingerprint density at radius 3 is 2.12 bits per heavy atom. The van der Waals surface area contributed by atoms with Crippen molar-refractivity contribution in [3.63, 3.8) is 0 Å². The van der Waals surface area contributed by atoms with E-state index in [1.807, 2.05) is 24.3 Å². The van der Waals surface area contributed by atoms with Crippen molar-refractivity contribution < 1.29 is 19.4 Å². The lowest BCUT2D eigenvalue weighted by molar-refractivity contribution is 0.0694. The summed E-state index contributed by atoms with van der Waals surface area (Å²) in [5, 5.41) is 8.91. The lowest BCUT2D eigenvalue weighted by Crippen LogP contribution is -2.31. The molecule has 0 saturated heterocycles. The third-order valence-electron chi connectivity index (χ3n) is 4.05. The molecule has 1 atom stereocenters. The minimum Gasteiger partial charge on any atom is -0.497 e. The number of carboxylic acids is 1. The number of benzene rings is 2. The van der Waals surface area contributed by atoms with E-state index in [2.05, 4.69) is 6.92 Å². The summed E-state index contributed by atoms with van der Waals surface area (Å²) in [6.07, 6.45) is 0.861. The Kier molecular flexibility index (Phi) is 6.17. The molecule has 0 radical (unpaired) electrons. The van der Waals surface area contributed by atoms with Gasteiger partial charge in [0.05, 0.1) is 12.7 Å². The van der Waals surface area contributed by atoms with E-state index in [4.69, 9.17) is 9.84 Å². The highest BCUT2D eigenvalue weighted by atomic mass is 16.5. The van der Waals surface area contributed by atoms with E-state index in [0.29, 0.717) is 18.0 Å². The van der Waals surface area contributed by atoms with Crippen LogP contribution in [0.5, 0.6) is 5.75 Å². The largest absolute Gasteiger partial charge is 0.497 e. The Balaban J connectivity index is 1.93. The van der Waals surface area contributed by atoms with E-state index in [0.717, 1.165) is 12.2 Å². The molecule has 5 heteroatoms. The molecule has 2 aromatic carbocycles. The summed E-state index contributed by atoms with van der Waals surface area (Å²) in [6.45, 7) is 2.72. The predicted octanol–water partition coefficient (Wildman–Crippen LogP) is 3.34. The number of amides is 1. The van der Waals surface area contributed by atoms with Crippen LogP contribution in [0.2, 0.25) is 0 Å². The molecular formula is C20H23NO4. The average molecular weight is 341 g/mol. The van der Waals surface area contributed by atoms with Crippen molar-refractivity contribution in [2.24, 2.45) is 5.92 Å². The van der Waals surface area contributed by atoms with E-state index in [9.17, 15) is 9.59 Å². The Morgan fingerprint density at radius 2 is 1.60 bits per heavy atom. The van der Waals surface area contributed by atoms with Gasteiger partial charge < -0.3 is 14.7 Å². The number of carbonyl (C=O) groups excluding carboxylic acids is 1. The fraction of sp³-hybridized carbons (Fsp3) is 0.300. The fourth-order valence-corrected chi connectivity index (χ4v) is 2.75. The van der Waals surface area contributed by atoms with Gasteiger partial charge >= 0.3 is 5.97 Å². The van der Waals surface area contributed by atoms with Crippen LogP contribution in [0.15, 0.2) is 48.5 Å². The Hall–Kier alpha value is -2.82. The van der Waals surface area contributed by atoms with Gasteiger partial charge in [0.2, 0.25) is 0 Å². The first-order valence-electron chi connectivity index (χ1n) is 8.12. The van der Waals surface area contributed by atoms with Gasteiger partial charge in [0.15, 0.2) is 0 Å². The highest BCUT2D eigenvalue weighted by molar-refractivity contribution is 5.95. The lowest BCUT2D eigenvalue weighted by atomic mass is 10.0. The third kappa shape index (κ3) is 5.08. The third-order valence-corrected chi connectivity index (χ3v) is 4.05. The molecule has 0 aliphatic heterocycles. The first-order valence-corrected chi connectivity index (χ1v) is 8.12. The van der Waals surface area contributed by atoms with Gasteiger partial charge in [-0.2, -0.15) is 0 Å². The van der Waals surface area contributed by atoms with Crippen LogP contribution in [0.25, 0.3) is 0 Å². The van der Waals surface area contributed by atoms with Crippen LogP contribution < -0.4 is 4.74 Å². The summed E-state index contributed by atoms with van der Waals surface area (Å²) in [6, 6.07) is 13.9. The molecule has 0 saturated carbocycles. The normalized spacial score (nSPS) is 11.6. The summed E-state index contributed by atoms with van der Waals surface area (Å²) in [5.41, 5.74) is 1.86. The summed E-state index contributed by atoms with van der Waals surface area (Å²) >= 11 is 0. The number of rotatable bonds is 7. The van der Waals surface area contributed by atoms with Crippen LogP contribution in [-0.4, -0.2) is 42.6 Å². The van der Waals surface area contributed by atoms with Gasteiger partial charge in [-0.3, -0.25) is 4.79 Å². The van der Waals surface area contributed by atoms with Crippen LogP contribution in [0.3, 0.4) is 0 Å². The van der Waals surface area contributed by atoms with Crippen molar-refractivity contribution >= 4 is 11.9 Å². The monoisotopic (exact) mass is 341 g/mol. The average Bonchev–Trinajstić information content (AvgIpc) is 2.61. The van der Waals surface area contributed by atoms with Crippen LogP contribution in [0, 0.1) is 5.92 Å². The smallest absolute Gasteiger partial charge is 0.335 e. The molecular weight excluding hydrogens is 318 g/mol. The summed E-state index contributed by atoms with van der Waals surface area (Å²) < 4.78 is 5.15. The second-order valence-corrected chi connectivity index (χ2v) is 6.23. The zero-order valence-electron chi connectivity index (χ0n) is 14.7. The van der Waals surface area contributed by atoms with Crippen molar-refractivity contribution in [3.8, 4) is 5.75 Å². The number of methoxy groups -OCH3 is 1. The van der Waals surface area contributed by atoms with Crippen molar-refractivity contribution in [1.82, 2.24) is 4.90 Å². The number of nitrogens with zero attached hydrogens (tertiary/aromatic N) is 1. The van der Waals surface area contributed by atoms with Gasteiger partial charge in [-0.25, -0.2) is 4.79 Å². The van der Waals surface area contributed by atoms with Crippen molar-refractivity contribution in [2.75, 3.05) is 20.7 Å². The van der Waals surface area contributed by atoms with Crippen LogP contribution in [0.4, 0.5) is 0 Å². The number of hydrogen-bond donors (Lipinski definition) is 1. The molecule has 25 heavy (non-hydrogen) atoms. The first kappa shape index (κ1) is 18.5. The molecule has 1 amide bonds. The van der Waals surface area contributed by atoms with E-state index in [-0.39, 0.29) is 11.5 Å². The molecule has 2 aromatic rings. The van der Waals surface area contributed by atoms with E-state index < -0.39 is 5.97 Å². The summed E-state index contributed by atoms with van der Waals surface area (Å²) in [4.78, 5) is 25.0. The minimum absolute atomic E-state index is 0.112. The zero-order valence-corrected chi connectivity index (χ0v) is 14.7. The number of carbonyl (C=O) groups is 2. The SMILES string of the molecule is COc1ccc(CC(C)CN(C)C(=O)c2ccc(C(=O)O)cc2)cc1. The van der Waals surface area contributed by atoms with Crippen molar-refractivity contribution in [1.29, 1.82) is 0 Å². The zero-order chi connectivity index (χ0) is 18.4. The summed E-state index contributed by atoms with van der Waals surface area (Å²) in [5.74, 6) is 0.00753. The predicted molar refractivity (Wildman–Crippen MR) is 96.2 cm³/mol. The van der Waals surface area contributed by atoms with Gasteiger partial charge in [0.25, 0.3) is 5.91 Å². The van der Waals surface area contributed by atoms with Gasteiger partial charge in [-0.05, 0) is 54.3 Å².